The lowest BCUT2D eigenvalue weighted by Gasteiger charge is -2.35. The van der Waals surface area contributed by atoms with Gasteiger partial charge in [-0.2, -0.15) is 4.98 Å². The highest BCUT2D eigenvalue weighted by atomic mass is 35.5. The molecule has 7 rings (SSSR count). The minimum atomic E-state index is -0.602. The summed E-state index contributed by atoms with van der Waals surface area (Å²) in [6.45, 7) is 3.93. The second-order valence-electron chi connectivity index (χ2n) is 11.5. The van der Waals surface area contributed by atoms with Crippen LogP contribution in [0.15, 0.2) is 83.8 Å². The molecular formula is C34H32ClN7O2. The van der Waals surface area contributed by atoms with Crippen molar-refractivity contribution in [3.8, 4) is 11.1 Å². The molecule has 2 aliphatic heterocycles. The molecule has 1 saturated heterocycles. The Kier molecular flexibility index (Phi) is 7.27. The second kappa shape index (κ2) is 11.4. The molecule has 0 saturated carbocycles. The fourth-order valence-corrected chi connectivity index (χ4v) is 6.45. The van der Waals surface area contributed by atoms with Crippen molar-refractivity contribution >= 4 is 45.9 Å². The van der Waals surface area contributed by atoms with E-state index in [-0.39, 0.29) is 11.5 Å². The minimum absolute atomic E-state index is 0.148. The molecule has 10 heteroatoms. The van der Waals surface area contributed by atoms with Crippen LogP contribution in [0, 0.1) is 6.92 Å². The standard InChI is InChI=1S/C34H32ClN7O2/c1-20-7-12-27(29(35)15-20)28-16-22-18-37-34(39-24-10-8-23(9-11-24)38-25-13-14-36-19-25)40-31(22)42(33(28)44)30-17-21-5-3-4-6-26(21)32(43)41(30)2/h3-12,15-16,18,25,30,36,38H,13-14,17,19H2,1-2H3,(H,37,39,40). The number of carbonyl (C=O) groups excluding carboxylic acids is 1. The van der Waals surface area contributed by atoms with Gasteiger partial charge >= 0.3 is 0 Å². The van der Waals surface area contributed by atoms with Crippen LogP contribution in [0.5, 0.6) is 0 Å². The molecule has 5 aromatic rings. The van der Waals surface area contributed by atoms with Crippen LogP contribution in [-0.2, 0) is 6.42 Å². The van der Waals surface area contributed by atoms with Gasteiger partial charge in [-0.3, -0.25) is 14.2 Å². The zero-order chi connectivity index (χ0) is 30.4. The van der Waals surface area contributed by atoms with Crippen LogP contribution < -0.4 is 21.5 Å². The highest BCUT2D eigenvalue weighted by Gasteiger charge is 2.33. The number of fused-ring (bicyclic) bond motifs is 2. The minimum Gasteiger partial charge on any atom is -0.381 e. The fraction of sp³-hybridized carbons (Fsp3) is 0.235. The van der Waals surface area contributed by atoms with E-state index in [1.54, 1.807) is 28.8 Å². The molecule has 9 nitrogen and oxygen atoms in total. The Balaban J connectivity index is 1.32. The molecule has 1 fully saturated rings. The van der Waals surface area contributed by atoms with E-state index in [0.717, 1.165) is 42.0 Å². The van der Waals surface area contributed by atoms with E-state index in [4.69, 9.17) is 16.6 Å². The molecule has 3 aromatic carbocycles. The SMILES string of the molecule is Cc1ccc(-c2cc3cnc(Nc4ccc(NC5CCNC5)cc4)nc3n(C3Cc4ccccc4C(=O)N3C)c2=O)c(Cl)c1. The number of hydrogen-bond acceptors (Lipinski definition) is 7. The van der Waals surface area contributed by atoms with Gasteiger partial charge in [0.15, 0.2) is 0 Å². The Bertz CT molecular complexity index is 1950. The lowest BCUT2D eigenvalue weighted by atomic mass is 9.96. The zero-order valence-corrected chi connectivity index (χ0v) is 25.2. The average Bonchev–Trinajstić information content (AvgIpc) is 3.53. The molecule has 2 unspecified atom stereocenters. The molecule has 4 heterocycles. The number of aromatic nitrogens is 3. The second-order valence-corrected chi connectivity index (χ2v) is 11.9. The Labute approximate surface area is 259 Å². The highest BCUT2D eigenvalue weighted by molar-refractivity contribution is 6.33. The summed E-state index contributed by atoms with van der Waals surface area (Å²) in [6.07, 6.45) is 2.65. The predicted molar refractivity (Wildman–Crippen MR) is 175 cm³/mol. The Hall–Kier alpha value is -4.73. The first-order chi connectivity index (χ1) is 21.4. The third kappa shape index (κ3) is 5.18. The number of hydrogen-bond donors (Lipinski definition) is 3. The molecule has 222 valence electrons. The van der Waals surface area contributed by atoms with Crippen LogP contribution >= 0.6 is 11.6 Å². The van der Waals surface area contributed by atoms with E-state index in [2.05, 4.69) is 20.9 Å². The zero-order valence-electron chi connectivity index (χ0n) is 24.5. The number of rotatable bonds is 6. The van der Waals surface area contributed by atoms with Gasteiger partial charge in [0.25, 0.3) is 11.5 Å². The van der Waals surface area contributed by atoms with Crippen molar-refractivity contribution in [2.75, 3.05) is 30.8 Å². The Morgan fingerprint density at radius 2 is 1.75 bits per heavy atom. The molecule has 44 heavy (non-hydrogen) atoms. The van der Waals surface area contributed by atoms with Gasteiger partial charge in [0, 0.05) is 70.7 Å². The molecule has 0 radical (unpaired) electrons. The molecule has 2 aromatic heterocycles. The van der Waals surface area contributed by atoms with Crippen molar-refractivity contribution in [3.05, 3.63) is 111 Å². The van der Waals surface area contributed by atoms with E-state index >= 15 is 0 Å². The molecule has 3 N–H and O–H groups in total. The Morgan fingerprint density at radius 3 is 2.52 bits per heavy atom. The molecule has 0 spiro atoms. The highest BCUT2D eigenvalue weighted by Crippen LogP contribution is 2.33. The number of pyridine rings is 1. The molecule has 1 amide bonds. The quantitative estimate of drug-likeness (QED) is 0.226. The van der Waals surface area contributed by atoms with Crippen LogP contribution in [0.3, 0.4) is 0 Å². The normalized spacial score (nSPS) is 18.0. The summed E-state index contributed by atoms with van der Waals surface area (Å²) >= 11 is 6.66. The monoisotopic (exact) mass is 605 g/mol. The summed E-state index contributed by atoms with van der Waals surface area (Å²) in [5.74, 6) is 0.197. The van der Waals surface area contributed by atoms with Gasteiger partial charge in [0.1, 0.15) is 11.8 Å². The van der Waals surface area contributed by atoms with Crippen LogP contribution in [0.4, 0.5) is 17.3 Å². The number of anilines is 3. The van der Waals surface area contributed by atoms with Gasteiger partial charge in [0.2, 0.25) is 5.95 Å². The van der Waals surface area contributed by atoms with Crippen molar-refractivity contribution in [3.63, 3.8) is 0 Å². The van der Waals surface area contributed by atoms with Gasteiger partial charge in [-0.15, -0.1) is 0 Å². The number of nitrogens with one attached hydrogen (secondary N) is 3. The van der Waals surface area contributed by atoms with Gasteiger partial charge in [0.05, 0.1) is 0 Å². The van der Waals surface area contributed by atoms with E-state index in [1.807, 2.05) is 73.7 Å². The molecule has 2 atom stereocenters. The number of carbonyl (C=O) groups is 1. The number of nitrogens with zero attached hydrogens (tertiary/aromatic N) is 4. The summed E-state index contributed by atoms with van der Waals surface area (Å²) in [5, 5.41) is 11.3. The molecule has 0 aliphatic carbocycles. The lowest BCUT2D eigenvalue weighted by Crippen LogP contribution is -2.44. The fourth-order valence-electron chi connectivity index (χ4n) is 6.11. The summed E-state index contributed by atoms with van der Waals surface area (Å²) in [4.78, 5) is 38.9. The van der Waals surface area contributed by atoms with Gasteiger partial charge in [-0.05, 0) is 73.5 Å². The lowest BCUT2D eigenvalue weighted by molar-refractivity contribution is 0.0629. The first kappa shape index (κ1) is 28.1. The average molecular weight is 606 g/mol. The number of likely N-dealkylation sites (N-methyl/N-ethyl adjacent to an activating group) is 1. The van der Waals surface area contributed by atoms with Crippen molar-refractivity contribution in [2.45, 2.75) is 32.0 Å². The third-order valence-corrected chi connectivity index (χ3v) is 8.79. The van der Waals surface area contributed by atoms with Crippen LogP contribution in [0.25, 0.3) is 22.2 Å². The first-order valence-electron chi connectivity index (χ1n) is 14.7. The maximum Gasteiger partial charge on any atom is 0.261 e. The van der Waals surface area contributed by atoms with Gasteiger partial charge in [-0.1, -0.05) is 41.9 Å². The van der Waals surface area contributed by atoms with Crippen molar-refractivity contribution < 1.29 is 4.79 Å². The number of halogens is 1. The number of aryl methyl sites for hydroxylation is 1. The maximum absolute atomic E-state index is 14.4. The smallest absolute Gasteiger partial charge is 0.261 e. The van der Waals surface area contributed by atoms with Crippen molar-refractivity contribution in [1.82, 2.24) is 24.8 Å². The summed E-state index contributed by atoms with van der Waals surface area (Å²) in [5.41, 5.74) is 5.56. The van der Waals surface area contributed by atoms with Gasteiger partial charge < -0.3 is 20.9 Å². The maximum atomic E-state index is 14.4. The van der Waals surface area contributed by atoms with E-state index < -0.39 is 6.17 Å². The number of benzene rings is 3. The summed E-state index contributed by atoms with van der Waals surface area (Å²) in [6, 6.07) is 23.3. The van der Waals surface area contributed by atoms with Crippen LogP contribution in [0.2, 0.25) is 5.02 Å². The topological polar surface area (TPSA) is 104 Å². The summed E-state index contributed by atoms with van der Waals surface area (Å²) in [7, 11) is 1.73. The van der Waals surface area contributed by atoms with Crippen LogP contribution in [0.1, 0.15) is 34.1 Å². The van der Waals surface area contributed by atoms with Crippen LogP contribution in [-0.4, -0.2) is 51.5 Å². The molecular weight excluding hydrogens is 574 g/mol. The van der Waals surface area contributed by atoms with Gasteiger partial charge in [-0.25, -0.2) is 4.98 Å². The Morgan fingerprint density at radius 1 is 0.955 bits per heavy atom. The van der Waals surface area contributed by atoms with E-state index in [1.165, 1.54) is 0 Å². The largest absolute Gasteiger partial charge is 0.381 e. The van der Waals surface area contributed by atoms with Crippen molar-refractivity contribution in [2.24, 2.45) is 0 Å². The third-order valence-electron chi connectivity index (χ3n) is 8.48. The van der Waals surface area contributed by atoms with Crippen molar-refractivity contribution in [1.29, 1.82) is 0 Å². The number of amides is 1. The summed E-state index contributed by atoms with van der Waals surface area (Å²) < 4.78 is 1.62. The first-order valence-corrected chi connectivity index (χ1v) is 15.1. The van der Waals surface area contributed by atoms with E-state index in [9.17, 15) is 9.59 Å². The predicted octanol–water partition coefficient (Wildman–Crippen LogP) is 5.76. The molecule has 2 aliphatic rings. The van der Waals surface area contributed by atoms with E-state index in [0.29, 0.717) is 51.2 Å². The molecule has 0 bridgehead atoms.